The average Bonchev–Trinajstić information content (AvgIpc) is 2.92. The number of nitrogens with zero attached hydrogens (tertiary/aromatic N) is 3. The first-order chi connectivity index (χ1) is 9.78. The van der Waals surface area contributed by atoms with Crippen molar-refractivity contribution in [3.63, 3.8) is 0 Å². The number of aryl methyl sites for hydroxylation is 1. The van der Waals surface area contributed by atoms with Crippen LogP contribution in [-0.4, -0.2) is 20.6 Å². The minimum Gasteiger partial charge on any atom is -0.327 e. The summed E-state index contributed by atoms with van der Waals surface area (Å²) in [4.78, 5) is 9.10. The van der Waals surface area contributed by atoms with E-state index in [-0.39, 0.29) is 6.04 Å². The molecule has 0 aromatic carbocycles. The van der Waals surface area contributed by atoms with Gasteiger partial charge >= 0.3 is 0 Å². The van der Waals surface area contributed by atoms with Gasteiger partial charge in [-0.25, -0.2) is 9.97 Å². The number of rotatable bonds is 4. The zero-order valence-electron chi connectivity index (χ0n) is 12.0. The molecule has 0 saturated carbocycles. The standard InChI is InChI=1S/C16H22N4/c1-2-13(17)9-12-7-8-16(18-10-12)20-11-19-14-5-3-4-6-15(14)20/h7-8,10-11,13H,2-6,9,17H2,1H3. The van der Waals surface area contributed by atoms with Crippen LogP contribution in [-0.2, 0) is 19.3 Å². The van der Waals surface area contributed by atoms with E-state index >= 15 is 0 Å². The molecule has 0 bridgehead atoms. The van der Waals surface area contributed by atoms with E-state index in [2.05, 4.69) is 33.6 Å². The van der Waals surface area contributed by atoms with E-state index in [9.17, 15) is 0 Å². The summed E-state index contributed by atoms with van der Waals surface area (Å²) in [5.74, 6) is 0.967. The van der Waals surface area contributed by atoms with Gasteiger partial charge in [-0.15, -0.1) is 0 Å². The second kappa shape index (κ2) is 5.75. The number of imidazole rings is 1. The van der Waals surface area contributed by atoms with Gasteiger partial charge in [-0.3, -0.25) is 4.57 Å². The van der Waals surface area contributed by atoms with Crippen LogP contribution in [0.3, 0.4) is 0 Å². The molecule has 2 heterocycles. The van der Waals surface area contributed by atoms with Crippen LogP contribution in [0.5, 0.6) is 0 Å². The first kappa shape index (κ1) is 13.3. The summed E-state index contributed by atoms with van der Waals surface area (Å²) in [5.41, 5.74) is 9.77. The van der Waals surface area contributed by atoms with Gasteiger partial charge < -0.3 is 5.73 Å². The molecule has 1 unspecified atom stereocenters. The molecular weight excluding hydrogens is 248 g/mol. The highest BCUT2D eigenvalue weighted by Gasteiger charge is 2.16. The smallest absolute Gasteiger partial charge is 0.138 e. The molecule has 2 aromatic rings. The van der Waals surface area contributed by atoms with Crippen molar-refractivity contribution in [3.05, 3.63) is 41.6 Å². The van der Waals surface area contributed by atoms with Gasteiger partial charge in [-0.1, -0.05) is 13.0 Å². The largest absolute Gasteiger partial charge is 0.327 e. The Bertz CT molecular complexity index is 571. The fourth-order valence-electron chi connectivity index (χ4n) is 2.79. The van der Waals surface area contributed by atoms with Crippen LogP contribution in [0.2, 0.25) is 0 Å². The zero-order valence-corrected chi connectivity index (χ0v) is 12.0. The summed E-state index contributed by atoms with van der Waals surface area (Å²) in [6, 6.07) is 4.44. The van der Waals surface area contributed by atoms with Crippen molar-refractivity contribution < 1.29 is 0 Å². The van der Waals surface area contributed by atoms with Gasteiger partial charge in [0.1, 0.15) is 12.1 Å². The second-order valence-electron chi connectivity index (χ2n) is 5.61. The predicted octanol–water partition coefficient (Wildman–Crippen LogP) is 2.43. The SMILES string of the molecule is CCC(N)Cc1ccc(-n2cnc3c2CCCC3)nc1. The Labute approximate surface area is 120 Å². The zero-order chi connectivity index (χ0) is 13.9. The Morgan fingerprint density at radius 2 is 2.10 bits per heavy atom. The normalized spacial score (nSPS) is 15.9. The molecule has 1 atom stereocenters. The maximum Gasteiger partial charge on any atom is 0.138 e. The maximum absolute atomic E-state index is 5.99. The molecule has 2 aromatic heterocycles. The van der Waals surface area contributed by atoms with Gasteiger partial charge in [0.15, 0.2) is 0 Å². The van der Waals surface area contributed by atoms with E-state index in [4.69, 9.17) is 5.73 Å². The number of nitrogens with two attached hydrogens (primary N) is 1. The van der Waals surface area contributed by atoms with Gasteiger partial charge in [0.2, 0.25) is 0 Å². The summed E-state index contributed by atoms with van der Waals surface area (Å²) in [6.07, 6.45) is 10.5. The molecule has 0 radical (unpaired) electrons. The summed E-state index contributed by atoms with van der Waals surface area (Å²) in [5, 5.41) is 0. The quantitative estimate of drug-likeness (QED) is 0.928. The fraction of sp³-hybridized carbons (Fsp3) is 0.500. The molecule has 106 valence electrons. The molecule has 3 rings (SSSR count). The molecule has 0 amide bonds. The van der Waals surface area contributed by atoms with E-state index in [0.29, 0.717) is 0 Å². The molecule has 4 nitrogen and oxygen atoms in total. The molecule has 0 aliphatic heterocycles. The van der Waals surface area contributed by atoms with E-state index in [1.54, 1.807) is 0 Å². The van der Waals surface area contributed by atoms with Crippen LogP contribution in [0, 0.1) is 0 Å². The monoisotopic (exact) mass is 270 g/mol. The predicted molar refractivity (Wildman–Crippen MR) is 80.0 cm³/mol. The van der Waals surface area contributed by atoms with E-state index in [0.717, 1.165) is 31.5 Å². The molecule has 20 heavy (non-hydrogen) atoms. The lowest BCUT2D eigenvalue weighted by molar-refractivity contribution is 0.643. The van der Waals surface area contributed by atoms with Crippen LogP contribution in [0.1, 0.15) is 43.1 Å². The van der Waals surface area contributed by atoms with E-state index in [1.807, 2.05) is 12.5 Å². The molecule has 0 saturated heterocycles. The molecular formula is C16H22N4. The van der Waals surface area contributed by atoms with Crippen molar-refractivity contribution >= 4 is 0 Å². The highest BCUT2D eigenvalue weighted by Crippen LogP contribution is 2.22. The van der Waals surface area contributed by atoms with Crippen molar-refractivity contribution in [1.29, 1.82) is 0 Å². The highest BCUT2D eigenvalue weighted by atomic mass is 15.1. The van der Waals surface area contributed by atoms with Crippen molar-refractivity contribution in [2.24, 2.45) is 5.73 Å². The maximum atomic E-state index is 5.99. The van der Waals surface area contributed by atoms with Crippen LogP contribution in [0.4, 0.5) is 0 Å². The third-order valence-electron chi connectivity index (χ3n) is 4.11. The van der Waals surface area contributed by atoms with Gasteiger partial charge in [-0.05, 0) is 50.2 Å². The molecule has 1 aliphatic rings. The topological polar surface area (TPSA) is 56.7 Å². The van der Waals surface area contributed by atoms with Crippen molar-refractivity contribution in [2.75, 3.05) is 0 Å². The summed E-state index contributed by atoms with van der Waals surface area (Å²) in [6.45, 7) is 2.12. The molecule has 0 spiro atoms. The Hall–Kier alpha value is -1.68. The van der Waals surface area contributed by atoms with Crippen LogP contribution >= 0.6 is 0 Å². The second-order valence-corrected chi connectivity index (χ2v) is 5.61. The van der Waals surface area contributed by atoms with Crippen LogP contribution in [0.25, 0.3) is 5.82 Å². The first-order valence-corrected chi connectivity index (χ1v) is 7.54. The van der Waals surface area contributed by atoms with Crippen molar-refractivity contribution in [3.8, 4) is 5.82 Å². The van der Waals surface area contributed by atoms with Gasteiger partial charge in [0, 0.05) is 17.9 Å². The van der Waals surface area contributed by atoms with Gasteiger partial charge in [0.05, 0.1) is 5.69 Å². The number of hydrogen-bond acceptors (Lipinski definition) is 3. The van der Waals surface area contributed by atoms with Gasteiger partial charge in [-0.2, -0.15) is 0 Å². The highest BCUT2D eigenvalue weighted by molar-refractivity contribution is 5.31. The number of fused-ring (bicyclic) bond motifs is 1. The first-order valence-electron chi connectivity index (χ1n) is 7.54. The lowest BCUT2D eigenvalue weighted by Gasteiger charge is -2.14. The number of hydrogen-bond donors (Lipinski definition) is 1. The average molecular weight is 270 g/mol. The molecule has 0 fully saturated rings. The van der Waals surface area contributed by atoms with Crippen molar-refractivity contribution in [2.45, 2.75) is 51.5 Å². The van der Waals surface area contributed by atoms with E-state index in [1.165, 1.54) is 29.8 Å². The molecule has 2 N–H and O–H groups in total. The fourth-order valence-corrected chi connectivity index (χ4v) is 2.79. The lowest BCUT2D eigenvalue weighted by atomic mass is 10.0. The van der Waals surface area contributed by atoms with Crippen LogP contribution < -0.4 is 5.73 Å². The van der Waals surface area contributed by atoms with Crippen LogP contribution in [0.15, 0.2) is 24.7 Å². The third-order valence-corrected chi connectivity index (χ3v) is 4.11. The number of aromatic nitrogens is 3. The minimum atomic E-state index is 0.226. The van der Waals surface area contributed by atoms with Gasteiger partial charge in [0.25, 0.3) is 0 Å². The summed E-state index contributed by atoms with van der Waals surface area (Å²) in [7, 11) is 0. The number of pyridine rings is 1. The Kier molecular flexibility index (Phi) is 3.83. The molecule has 1 aliphatic carbocycles. The Morgan fingerprint density at radius 3 is 2.85 bits per heavy atom. The van der Waals surface area contributed by atoms with E-state index < -0.39 is 0 Å². The molecule has 4 heteroatoms. The Morgan fingerprint density at radius 1 is 1.25 bits per heavy atom. The Balaban J connectivity index is 1.82. The lowest BCUT2D eigenvalue weighted by Crippen LogP contribution is -2.21. The minimum absolute atomic E-state index is 0.226. The van der Waals surface area contributed by atoms with Crippen molar-refractivity contribution in [1.82, 2.24) is 14.5 Å². The third kappa shape index (κ3) is 2.61. The summed E-state index contributed by atoms with van der Waals surface area (Å²) < 4.78 is 2.14. The summed E-state index contributed by atoms with van der Waals surface area (Å²) >= 11 is 0.